The molecule has 25 heavy (non-hydrogen) atoms. The Morgan fingerprint density at radius 1 is 1.44 bits per heavy atom. The average molecular weight is 347 g/mol. The number of hydrogen-bond donors (Lipinski definition) is 2. The average Bonchev–Trinajstić information content (AvgIpc) is 3.19. The molecule has 0 saturated carbocycles. The first kappa shape index (κ1) is 17.2. The zero-order chi connectivity index (χ0) is 18.0. The summed E-state index contributed by atoms with van der Waals surface area (Å²) in [5.41, 5.74) is 1.46. The van der Waals surface area contributed by atoms with Crippen LogP contribution in [0.25, 0.3) is 11.0 Å². The molecule has 2 aromatic rings. The van der Waals surface area contributed by atoms with E-state index >= 15 is 0 Å². The maximum atomic E-state index is 12.9. The van der Waals surface area contributed by atoms with Gasteiger partial charge in [0.25, 0.3) is 5.91 Å². The van der Waals surface area contributed by atoms with Crippen molar-refractivity contribution in [1.29, 1.82) is 0 Å². The summed E-state index contributed by atoms with van der Waals surface area (Å²) in [7, 11) is 1.63. The molecule has 1 aromatic carbocycles. The van der Waals surface area contributed by atoms with Gasteiger partial charge in [-0.3, -0.25) is 14.2 Å². The maximum absolute atomic E-state index is 12.9. The molecule has 1 atom stereocenters. The molecule has 1 saturated heterocycles. The Morgan fingerprint density at radius 2 is 2.24 bits per heavy atom. The van der Waals surface area contributed by atoms with E-state index in [1.54, 1.807) is 25.2 Å². The standard InChI is InChI=1S/C17H21N3O5/c1-19-14-9-11(4-5-13(14)18-17(19)24)16(23)20(7-6-15(21)22)10-12-3-2-8-25-12/h4-5,9,12H,2-3,6-8,10H2,1H3,(H,18,24)(H,21,22). The molecule has 1 unspecified atom stereocenters. The first-order chi connectivity index (χ1) is 12.0. The third kappa shape index (κ3) is 3.74. The number of imidazole rings is 1. The van der Waals surface area contributed by atoms with E-state index in [-0.39, 0.29) is 30.7 Å². The molecule has 2 N–H and O–H groups in total. The Labute approximate surface area is 144 Å². The number of aromatic amines is 1. The number of rotatable bonds is 6. The number of nitrogens with zero attached hydrogens (tertiary/aromatic N) is 2. The minimum atomic E-state index is -0.950. The number of carboxylic acids is 1. The molecule has 8 nitrogen and oxygen atoms in total. The molecule has 0 spiro atoms. The molecule has 134 valence electrons. The van der Waals surface area contributed by atoms with E-state index in [0.717, 1.165) is 12.8 Å². The number of aliphatic carboxylic acids is 1. The van der Waals surface area contributed by atoms with Crippen LogP contribution in [0.4, 0.5) is 0 Å². The highest BCUT2D eigenvalue weighted by atomic mass is 16.5. The number of ether oxygens (including phenoxy) is 1. The van der Waals surface area contributed by atoms with Crippen LogP contribution in [-0.4, -0.2) is 57.2 Å². The molecular weight excluding hydrogens is 326 g/mol. The van der Waals surface area contributed by atoms with Crippen LogP contribution >= 0.6 is 0 Å². The number of fused-ring (bicyclic) bond motifs is 1. The normalized spacial score (nSPS) is 17.1. The van der Waals surface area contributed by atoms with Crippen molar-refractivity contribution in [2.45, 2.75) is 25.4 Å². The van der Waals surface area contributed by atoms with E-state index in [1.165, 1.54) is 9.47 Å². The molecule has 8 heteroatoms. The van der Waals surface area contributed by atoms with Gasteiger partial charge in [0.1, 0.15) is 0 Å². The lowest BCUT2D eigenvalue weighted by Crippen LogP contribution is -2.38. The predicted molar refractivity (Wildman–Crippen MR) is 90.7 cm³/mol. The molecule has 1 aliphatic rings. The molecule has 1 aromatic heterocycles. The lowest BCUT2D eigenvalue weighted by molar-refractivity contribution is -0.137. The number of H-pyrrole nitrogens is 1. The molecule has 3 rings (SSSR count). The number of carboxylic acid groups (broad SMARTS) is 1. The van der Waals surface area contributed by atoms with Gasteiger partial charge in [-0.1, -0.05) is 0 Å². The van der Waals surface area contributed by atoms with Crippen LogP contribution in [0.5, 0.6) is 0 Å². The molecule has 0 aliphatic carbocycles. The van der Waals surface area contributed by atoms with Gasteiger partial charge in [0, 0.05) is 32.3 Å². The van der Waals surface area contributed by atoms with Gasteiger partial charge in [-0.2, -0.15) is 0 Å². The molecule has 0 radical (unpaired) electrons. The smallest absolute Gasteiger partial charge is 0.326 e. The van der Waals surface area contributed by atoms with Crippen molar-refractivity contribution < 1.29 is 19.4 Å². The van der Waals surface area contributed by atoms with E-state index in [9.17, 15) is 14.4 Å². The second-order valence-electron chi connectivity index (χ2n) is 6.25. The monoisotopic (exact) mass is 347 g/mol. The molecule has 1 fully saturated rings. The number of amides is 1. The second kappa shape index (κ2) is 7.10. The number of carbonyl (C=O) groups is 2. The topological polar surface area (TPSA) is 105 Å². The van der Waals surface area contributed by atoms with E-state index < -0.39 is 5.97 Å². The lowest BCUT2D eigenvalue weighted by atomic mass is 10.1. The van der Waals surface area contributed by atoms with Gasteiger partial charge >= 0.3 is 11.7 Å². The van der Waals surface area contributed by atoms with Gasteiger partial charge in [-0.15, -0.1) is 0 Å². The summed E-state index contributed by atoms with van der Waals surface area (Å²) in [6, 6.07) is 4.98. The van der Waals surface area contributed by atoms with Crippen molar-refractivity contribution in [3.8, 4) is 0 Å². The summed E-state index contributed by atoms with van der Waals surface area (Å²) < 4.78 is 7.02. The molecule has 1 aliphatic heterocycles. The predicted octanol–water partition coefficient (Wildman–Crippen LogP) is 0.962. The van der Waals surface area contributed by atoms with E-state index in [4.69, 9.17) is 9.84 Å². The van der Waals surface area contributed by atoms with E-state index in [2.05, 4.69) is 4.98 Å². The minimum Gasteiger partial charge on any atom is -0.481 e. The number of benzene rings is 1. The van der Waals surface area contributed by atoms with Gasteiger partial charge in [-0.25, -0.2) is 4.79 Å². The fourth-order valence-corrected chi connectivity index (χ4v) is 3.08. The van der Waals surface area contributed by atoms with E-state index in [0.29, 0.717) is 29.7 Å². The Hall–Kier alpha value is -2.61. The first-order valence-electron chi connectivity index (χ1n) is 8.27. The number of aromatic nitrogens is 2. The second-order valence-corrected chi connectivity index (χ2v) is 6.25. The highest BCUT2D eigenvalue weighted by Gasteiger charge is 2.24. The van der Waals surface area contributed by atoms with Gasteiger partial charge < -0.3 is 19.7 Å². The summed E-state index contributed by atoms with van der Waals surface area (Å²) >= 11 is 0. The number of hydrogen-bond acceptors (Lipinski definition) is 4. The van der Waals surface area contributed by atoms with E-state index in [1.807, 2.05) is 0 Å². The SMILES string of the molecule is Cn1c(=O)[nH]c2ccc(C(=O)N(CCC(=O)O)CC3CCCO3)cc21. The van der Waals surface area contributed by atoms with Crippen LogP contribution in [0.2, 0.25) is 0 Å². The van der Waals surface area contributed by atoms with Crippen LogP contribution in [0.15, 0.2) is 23.0 Å². The van der Waals surface area contributed by atoms with Crippen LogP contribution in [0, 0.1) is 0 Å². The summed E-state index contributed by atoms with van der Waals surface area (Å²) in [5, 5.41) is 8.94. The number of aryl methyl sites for hydroxylation is 1. The number of carbonyl (C=O) groups excluding carboxylic acids is 1. The molecule has 2 heterocycles. The van der Waals surface area contributed by atoms with Crippen LogP contribution in [-0.2, 0) is 16.6 Å². The first-order valence-corrected chi connectivity index (χ1v) is 8.27. The highest BCUT2D eigenvalue weighted by molar-refractivity contribution is 5.97. The van der Waals surface area contributed by atoms with Crippen molar-refractivity contribution in [1.82, 2.24) is 14.5 Å². The van der Waals surface area contributed by atoms with Crippen LogP contribution < -0.4 is 5.69 Å². The van der Waals surface area contributed by atoms with Crippen molar-refractivity contribution in [3.05, 3.63) is 34.2 Å². The fraction of sp³-hybridized carbons (Fsp3) is 0.471. The summed E-state index contributed by atoms with van der Waals surface area (Å²) in [5.74, 6) is -1.21. The van der Waals surface area contributed by atoms with Crippen LogP contribution in [0.3, 0.4) is 0 Å². The van der Waals surface area contributed by atoms with Gasteiger partial charge in [-0.05, 0) is 31.0 Å². The zero-order valence-corrected chi connectivity index (χ0v) is 14.0. The molecular formula is C17H21N3O5. The third-order valence-electron chi connectivity index (χ3n) is 4.48. The highest BCUT2D eigenvalue weighted by Crippen LogP contribution is 2.18. The molecule has 0 bridgehead atoms. The minimum absolute atomic E-state index is 0.0573. The Balaban J connectivity index is 1.85. The summed E-state index contributed by atoms with van der Waals surface area (Å²) in [4.78, 5) is 39.7. The van der Waals surface area contributed by atoms with Crippen molar-refractivity contribution in [2.75, 3.05) is 19.7 Å². The quantitative estimate of drug-likeness (QED) is 0.810. The molecule has 1 amide bonds. The van der Waals surface area contributed by atoms with Crippen LogP contribution in [0.1, 0.15) is 29.6 Å². The largest absolute Gasteiger partial charge is 0.481 e. The third-order valence-corrected chi connectivity index (χ3v) is 4.48. The maximum Gasteiger partial charge on any atom is 0.326 e. The number of nitrogens with one attached hydrogen (secondary N) is 1. The summed E-state index contributed by atoms with van der Waals surface area (Å²) in [6.07, 6.45) is 1.63. The Kier molecular flexibility index (Phi) is 4.89. The lowest BCUT2D eigenvalue weighted by Gasteiger charge is -2.25. The van der Waals surface area contributed by atoms with Gasteiger partial charge in [0.05, 0.1) is 23.6 Å². The van der Waals surface area contributed by atoms with Gasteiger partial charge in [0.2, 0.25) is 0 Å². The summed E-state index contributed by atoms with van der Waals surface area (Å²) in [6.45, 7) is 1.16. The zero-order valence-electron chi connectivity index (χ0n) is 14.0. The Bertz CT molecular complexity index is 848. The van der Waals surface area contributed by atoms with Crippen molar-refractivity contribution >= 4 is 22.9 Å². The fourth-order valence-electron chi connectivity index (χ4n) is 3.08. The van der Waals surface area contributed by atoms with Crippen molar-refractivity contribution in [3.63, 3.8) is 0 Å². The Morgan fingerprint density at radius 3 is 2.92 bits per heavy atom. The van der Waals surface area contributed by atoms with Gasteiger partial charge in [0.15, 0.2) is 0 Å². The van der Waals surface area contributed by atoms with Crippen molar-refractivity contribution in [2.24, 2.45) is 7.05 Å².